The first-order valence-electron chi connectivity index (χ1n) is 4.41. The second-order valence-electron chi connectivity index (χ2n) is 2.94. The molecule has 1 amide bonds. The molecule has 0 bridgehead atoms. The number of benzene rings is 1. The van der Waals surface area contributed by atoms with Crippen LogP contribution < -0.4 is 10.1 Å². The molecule has 15 heavy (non-hydrogen) atoms. The summed E-state index contributed by atoms with van der Waals surface area (Å²) in [5.74, 6) is -0.0393. The van der Waals surface area contributed by atoms with E-state index in [-0.39, 0.29) is 12.3 Å². The van der Waals surface area contributed by atoms with Gasteiger partial charge in [0, 0.05) is 6.54 Å². The van der Waals surface area contributed by atoms with Crippen LogP contribution in [0.5, 0.6) is 11.5 Å². The second kappa shape index (κ2) is 5.21. The molecule has 1 aromatic rings. The zero-order valence-electron chi connectivity index (χ0n) is 8.36. The van der Waals surface area contributed by atoms with E-state index in [1.165, 1.54) is 13.2 Å². The molecule has 0 aromatic heterocycles. The van der Waals surface area contributed by atoms with Crippen molar-refractivity contribution in [3.8, 4) is 11.5 Å². The average Bonchev–Trinajstić information content (AvgIpc) is 2.27. The number of rotatable bonds is 4. The van der Waals surface area contributed by atoms with Crippen LogP contribution >= 0.6 is 0 Å². The van der Waals surface area contributed by atoms with Gasteiger partial charge in [0.25, 0.3) is 0 Å². The number of nitrogens with one attached hydrogen (secondary N) is 1. The zero-order valence-corrected chi connectivity index (χ0v) is 8.36. The molecule has 0 saturated heterocycles. The number of ether oxygens (including phenoxy) is 1. The molecule has 5 nitrogen and oxygen atoms in total. The number of phenols is 1. The highest BCUT2D eigenvalue weighted by atomic mass is 16.5. The minimum atomic E-state index is -0.533. The highest BCUT2D eigenvalue weighted by Gasteiger charge is 2.03. The van der Waals surface area contributed by atoms with Gasteiger partial charge in [-0.2, -0.15) is 0 Å². The molecule has 0 unspecified atom stereocenters. The quantitative estimate of drug-likeness (QED) is 0.655. The van der Waals surface area contributed by atoms with Crippen LogP contribution in [0.15, 0.2) is 18.2 Å². The van der Waals surface area contributed by atoms with Gasteiger partial charge in [-0.05, 0) is 17.7 Å². The molecule has 1 rings (SSSR count). The molecule has 5 heteroatoms. The Morgan fingerprint density at radius 3 is 2.87 bits per heavy atom. The Bertz CT molecular complexity index is 351. The predicted octanol–water partition coefficient (Wildman–Crippen LogP) is 0.00930. The normalized spacial score (nSPS) is 9.73. The molecule has 1 aromatic carbocycles. The summed E-state index contributed by atoms with van der Waals surface area (Å²) in [7, 11) is 1.45. The van der Waals surface area contributed by atoms with E-state index < -0.39 is 12.5 Å². The molecule has 0 aliphatic heterocycles. The summed E-state index contributed by atoms with van der Waals surface area (Å²) in [4.78, 5) is 10.8. The van der Waals surface area contributed by atoms with Crippen molar-refractivity contribution < 1.29 is 19.7 Å². The van der Waals surface area contributed by atoms with Gasteiger partial charge in [0.2, 0.25) is 5.91 Å². The Morgan fingerprint density at radius 1 is 1.53 bits per heavy atom. The van der Waals surface area contributed by atoms with Gasteiger partial charge >= 0.3 is 0 Å². The molecule has 0 radical (unpaired) electrons. The molecule has 0 heterocycles. The van der Waals surface area contributed by atoms with Crippen molar-refractivity contribution >= 4 is 5.91 Å². The third-order valence-corrected chi connectivity index (χ3v) is 1.88. The summed E-state index contributed by atoms with van der Waals surface area (Å²) in [6.07, 6.45) is 0. The maximum Gasteiger partial charge on any atom is 0.245 e. The maximum absolute atomic E-state index is 10.8. The van der Waals surface area contributed by atoms with Gasteiger partial charge in [-0.1, -0.05) is 6.07 Å². The highest BCUT2D eigenvalue weighted by Crippen LogP contribution is 2.25. The zero-order chi connectivity index (χ0) is 11.3. The van der Waals surface area contributed by atoms with Crippen LogP contribution in [0.4, 0.5) is 0 Å². The molecule has 82 valence electrons. The first-order chi connectivity index (χ1) is 7.17. The van der Waals surface area contributed by atoms with E-state index in [1.807, 2.05) is 0 Å². The molecule has 0 spiro atoms. The highest BCUT2D eigenvalue weighted by molar-refractivity contribution is 5.76. The third kappa shape index (κ3) is 3.14. The Balaban J connectivity index is 2.66. The van der Waals surface area contributed by atoms with E-state index in [4.69, 9.17) is 9.84 Å². The number of hydrogen-bond donors (Lipinski definition) is 3. The smallest absolute Gasteiger partial charge is 0.245 e. The summed E-state index contributed by atoms with van der Waals surface area (Å²) in [5.41, 5.74) is 0.784. The Morgan fingerprint density at radius 2 is 2.27 bits per heavy atom. The summed E-state index contributed by atoms with van der Waals surface area (Å²) in [6.45, 7) is -0.245. The molecule has 0 aliphatic rings. The number of aliphatic hydroxyl groups is 1. The minimum absolute atomic E-state index is 0.0507. The number of amides is 1. The molecule has 0 atom stereocenters. The molecule has 0 saturated carbocycles. The van der Waals surface area contributed by atoms with Crippen LogP contribution in [0, 0.1) is 0 Å². The summed E-state index contributed by atoms with van der Waals surface area (Å²) in [6, 6.07) is 4.77. The molecule has 0 fully saturated rings. The minimum Gasteiger partial charge on any atom is -0.504 e. The number of methoxy groups -OCH3 is 1. The van der Waals surface area contributed by atoms with Crippen LogP contribution in [0.1, 0.15) is 5.56 Å². The van der Waals surface area contributed by atoms with Gasteiger partial charge in [-0.15, -0.1) is 0 Å². The molecular formula is C10H13NO4. The fourth-order valence-electron chi connectivity index (χ4n) is 1.09. The molecular weight excluding hydrogens is 198 g/mol. The second-order valence-corrected chi connectivity index (χ2v) is 2.94. The van der Waals surface area contributed by atoms with E-state index in [9.17, 15) is 9.90 Å². The standard InChI is InChI=1S/C10H13NO4/c1-15-9-4-7(2-3-8(9)13)5-11-10(14)6-12/h2-4,12-13H,5-6H2,1H3,(H,11,14). The first-order valence-corrected chi connectivity index (χ1v) is 4.41. The van der Waals surface area contributed by atoms with E-state index >= 15 is 0 Å². The summed E-state index contributed by atoms with van der Waals surface area (Å²) < 4.78 is 4.91. The van der Waals surface area contributed by atoms with Gasteiger partial charge < -0.3 is 20.3 Å². The topological polar surface area (TPSA) is 78.8 Å². The molecule has 0 aliphatic carbocycles. The number of aromatic hydroxyl groups is 1. The van der Waals surface area contributed by atoms with Crippen LogP contribution in [-0.2, 0) is 11.3 Å². The monoisotopic (exact) mass is 211 g/mol. The lowest BCUT2D eigenvalue weighted by atomic mass is 10.2. The van der Waals surface area contributed by atoms with Gasteiger partial charge in [0.1, 0.15) is 6.61 Å². The lowest BCUT2D eigenvalue weighted by molar-refractivity contribution is -0.123. The van der Waals surface area contributed by atoms with E-state index in [2.05, 4.69) is 5.32 Å². The number of hydrogen-bond acceptors (Lipinski definition) is 4. The van der Waals surface area contributed by atoms with E-state index in [0.29, 0.717) is 5.75 Å². The van der Waals surface area contributed by atoms with Crippen molar-refractivity contribution in [3.05, 3.63) is 23.8 Å². The van der Waals surface area contributed by atoms with Crippen molar-refractivity contribution in [2.75, 3.05) is 13.7 Å². The fraction of sp³-hybridized carbons (Fsp3) is 0.300. The lowest BCUT2D eigenvalue weighted by Crippen LogP contribution is -2.25. The van der Waals surface area contributed by atoms with Gasteiger partial charge in [0.15, 0.2) is 11.5 Å². The summed E-state index contributed by atoms with van der Waals surface area (Å²) in [5, 5.41) is 20.3. The predicted molar refractivity (Wildman–Crippen MR) is 53.6 cm³/mol. The van der Waals surface area contributed by atoms with Crippen molar-refractivity contribution in [3.63, 3.8) is 0 Å². The van der Waals surface area contributed by atoms with Crippen LogP contribution in [0.25, 0.3) is 0 Å². The van der Waals surface area contributed by atoms with Crippen molar-refractivity contribution in [1.29, 1.82) is 0 Å². The Hall–Kier alpha value is -1.75. The van der Waals surface area contributed by atoms with Crippen LogP contribution in [0.2, 0.25) is 0 Å². The summed E-state index contributed by atoms with van der Waals surface area (Å²) >= 11 is 0. The van der Waals surface area contributed by atoms with Gasteiger partial charge in [0.05, 0.1) is 7.11 Å². The Labute approximate surface area is 87.3 Å². The number of phenolic OH excluding ortho intramolecular Hbond substituents is 1. The van der Waals surface area contributed by atoms with Gasteiger partial charge in [-0.3, -0.25) is 4.79 Å². The van der Waals surface area contributed by atoms with Crippen molar-refractivity contribution in [1.82, 2.24) is 5.32 Å². The maximum atomic E-state index is 10.8. The lowest BCUT2D eigenvalue weighted by Gasteiger charge is -2.07. The Kier molecular flexibility index (Phi) is 3.93. The van der Waals surface area contributed by atoms with Crippen LogP contribution in [0.3, 0.4) is 0 Å². The van der Waals surface area contributed by atoms with Crippen LogP contribution in [-0.4, -0.2) is 29.8 Å². The largest absolute Gasteiger partial charge is 0.504 e. The third-order valence-electron chi connectivity index (χ3n) is 1.88. The SMILES string of the molecule is COc1cc(CNC(=O)CO)ccc1O. The number of carbonyl (C=O) groups excluding carboxylic acids is 1. The van der Waals surface area contributed by atoms with E-state index in [1.54, 1.807) is 12.1 Å². The fourth-order valence-corrected chi connectivity index (χ4v) is 1.09. The van der Waals surface area contributed by atoms with Gasteiger partial charge in [-0.25, -0.2) is 0 Å². The van der Waals surface area contributed by atoms with E-state index in [0.717, 1.165) is 5.56 Å². The molecule has 3 N–H and O–H groups in total. The van der Waals surface area contributed by atoms with Crippen molar-refractivity contribution in [2.24, 2.45) is 0 Å². The van der Waals surface area contributed by atoms with Crippen molar-refractivity contribution in [2.45, 2.75) is 6.54 Å². The average molecular weight is 211 g/mol. The number of aliphatic hydroxyl groups excluding tert-OH is 1. The number of carbonyl (C=O) groups is 1. The first kappa shape index (κ1) is 11.3.